The molecule has 0 saturated heterocycles. The van der Waals surface area contributed by atoms with Gasteiger partial charge in [-0.3, -0.25) is 18.6 Å². The Labute approximate surface area is 570 Å². The maximum atomic E-state index is 12.8. The molecule has 0 rings (SSSR count). The standard InChI is InChI=1S/C83H134NO8P/c1-3-5-7-9-11-13-15-17-19-21-23-25-27-29-31-33-35-37-39-40-42-44-46-48-50-52-54-56-58-60-62-64-66-68-70-72-74-76-83(86)92-81(80-91-93(87,88)90-78-77-84)79-89-82(85)75-73-71-69-67-65-63-61-59-57-55-53-51-49-47-45-43-41-38-36-34-32-30-28-26-24-22-20-18-16-14-12-10-8-6-4-2/h5-8,11-14,17-20,23-26,29-32,35-38,40,42-43,45-46,48,52,54,81H,3-4,9-10,15-16,21-22,27-28,33-34,39,41,44,47,49-51,53,55-80,84H2,1-2H3,(H,87,88)/b7-5-,8-6-,13-11-,14-12-,19-17-,20-18-,25-23-,26-24-,31-29-,32-30-,37-35-,38-36-,42-40-,45-43-,48-46-,54-52-. The van der Waals surface area contributed by atoms with Crippen LogP contribution in [-0.4, -0.2) is 49.3 Å². The fourth-order valence-corrected chi connectivity index (χ4v) is 10.4. The predicted octanol–water partition coefficient (Wildman–Crippen LogP) is 24.9. The summed E-state index contributed by atoms with van der Waals surface area (Å²) < 4.78 is 33.2. The van der Waals surface area contributed by atoms with Gasteiger partial charge in [0.15, 0.2) is 6.10 Å². The van der Waals surface area contributed by atoms with Crippen molar-refractivity contribution in [1.82, 2.24) is 0 Å². The molecule has 0 bridgehead atoms. The Morgan fingerprint density at radius 2 is 0.559 bits per heavy atom. The molecule has 0 aliphatic rings. The lowest BCUT2D eigenvalue weighted by molar-refractivity contribution is -0.161. The van der Waals surface area contributed by atoms with Gasteiger partial charge in [-0.15, -0.1) is 0 Å². The van der Waals surface area contributed by atoms with E-state index in [-0.39, 0.29) is 38.6 Å². The summed E-state index contributed by atoms with van der Waals surface area (Å²) >= 11 is 0. The highest BCUT2D eigenvalue weighted by Gasteiger charge is 2.26. The molecule has 524 valence electrons. The van der Waals surface area contributed by atoms with Crippen LogP contribution in [0.3, 0.4) is 0 Å². The fourth-order valence-electron chi connectivity index (χ4n) is 9.61. The van der Waals surface area contributed by atoms with Crippen LogP contribution in [0.2, 0.25) is 0 Å². The van der Waals surface area contributed by atoms with Crippen molar-refractivity contribution in [2.24, 2.45) is 5.73 Å². The number of carbonyl (C=O) groups excluding carboxylic acids is 2. The Morgan fingerprint density at radius 3 is 0.828 bits per heavy atom. The molecule has 3 N–H and O–H groups in total. The van der Waals surface area contributed by atoms with Gasteiger partial charge in [-0.1, -0.05) is 324 Å². The molecule has 9 nitrogen and oxygen atoms in total. The average molecular weight is 1300 g/mol. The van der Waals surface area contributed by atoms with Gasteiger partial charge in [0, 0.05) is 19.4 Å². The van der Waals surface area contributed by atoms with Crippen molar-refractivity contribution in [2.75, 3.05) is 26.4 Å². The summed E-state index contributed by atoms with van der Waals surface area (Å²) in [6.45, 7) is 3.50. The number of nitrogens with two attached hydrogens (primary N) is 1. The van der Waals surface area contributed by atoms with E-state index in [0.29, 0.717) is 6.42 Å². The van der Waals surface area contributed by atoms with E-state index in [2.05, 4.69) is 208 Å². The largest absolute Gasteiger partial charge is 0.472 e. The van der Waals surface area contributed by atoms with Gasteiger partial charge in [0.05, 0.1) is 13.2 Å². The first-order chi connectivity index (χ1) is 45.8. The van der Waals surface area contributed by atoms with E-state index in [1.54, 1.807) is 0 Å². The molecule has 0 aliphatic carbocycles. The van der Waals surface area contributed by atoms with Crippen molar-refractivity contribution in [1.29, 1.82) is 0 Å². The second-order valence-corrected chi connectivity index (χ2v) is 25.1. The van der Waals surface area contributed by atoms with Crippen molar-refractivity contribution in [3.05, 3.63) is 194 Å². The number of hydrogen-bond acceptors (Lipinski definition) is 8. The monoisotopic (exact) mass is 1300 g/mol. The highest BCUT2D eigenvalue weighted by molar-refractivity contribution is 7.47. The third-order valence-corrected chi connectivity index (χ3v) is 16.0. The Balaban J connectivity index is 3.96. The minimum absolute atomic E-state index is 0.0434. The lowest BCUT2D eigenvalue weighted by Gasteiger charge is -2.19. The van der Waals surface area contributed by atoms with Gasteiger partial charge in [0.2, 0.25) is 0 Å². The zero-order valence-electron chi connectivity index (χ0n) is 58.9. The first-order valence-corrected chi connectivity index (χ1v) is 38.4. The zero-order valence-corrected chi connectivity index (χ0v) is 59.8. The molecular weight excluding hydrogens is 1170 g/mol. The molecule has 10 heteroatoms. The number of phosphoric ester groups is 1. The molecule has 0 aromatic rings. The van der Waals surface area contributed by atoms with Gasteiger partial charge in [0.1, 0.15) is 6.61 Å². The summed E-state index contributed by atoms with van der Waals surface area (Å²) in [7, 11) is -4.41. The lowest BCUT2D eigenvalue weighted by atomic mass is 10.0. The Kier molecular flexibility index (Phi) is 71.7. The number of unbranched alkanes of at least 4 members (excludes halogenated alkanes) is 22. The van der Waals surface area contributed by atoms with Crippen LogP contribution in [0.1, 0.15) is 284 Å². The van der Waals surface area contributed by atoms with Crippen LogP contribution in [0.5, 0.6) is 0 Å². The second kappa shape index (κ2) is 75.9. The van der Waals surface area contributed by atoms with Crippen molar-refractivity contribution in [2.45, 2.75) is 290 Å². The molecule has 0 radical (unpaired) electrons. The minimum atomic E-state index is -4.41. The molecule has 0 saturated carbocycles. The summed E-state index contributed by atoms with van der Waals surface area (Å²) in [5.74, 6) is -0.844. The van der Waals surface area contributed by atoms with Crippen molar-refractivity contribution in [3.8, 4) is 0 Å². The molecule has 0 spiro atoms. The van der Waals surface area contributed by atoms with E-state index < -0.39 is 26.5 Å². The van der Waals surface area contributed by atoms with Crippen molar-refractivity contribution >= 4 is 19.8 Å². The van der Waals surface area contributed by atoms with Crippen molar-refractivity contribution in [3.63, 3.8) is 0 Å². The van der Waals surface area contributed by atoms with E-state index in [4.69, 9.17) is 24.3 Å². The first kappa shape index (κ1) is 87.9. The molecule has 2 atom stereocenters. The van der Waals surface area contributed by atoms with Gasteiger partial charge in [-0.05, 0) is 141 Å². The van der Waals surface area contributed by atoms with Crippen LogP contribution in [0.4, 0.5) is 0 Å². The summed E-state index contributed by atoms with van der Waals surface area (Å²) in [5, 5.41) is 0. The highest BCUT2D eigenvalue weighted by Crippen LogP contribution is 2.43. The third kappa shape index (κ3) is 75.8. The summed E-state index contributed by atoms with van der Waals surface area (Å²) in [5.41, 5.74) is 5.41. The number of esters is 2. The summed E-state index contributed by atoms with van der Waals surface area (Å²) in [4.78, 5) is 35.4. The van der Waals surface area contributed by atoms with Gasteiger partial charge < -0.3 is 20.1 Å². The Bertz CT molecular complexity index is 2230. The number of carbonyl (C=O) groups is 2. The lowest BCUT2D eigenvalue weighted by Crippen LogP contribution is -2.29. The normalized spacial score (nSPS) is 14.1. The number of phosphoric acid groups is 1. The van der Waals surface area contributed by atoms with Crippen molar-refractivity contribution < 1.29 is 37.6 Å². The highest BCUT2D eigenvalue weighted by atomic mass is 31.2. The van der Waals surface area contributed by atoms with Crippen LogP contribution in [0.15, 0.2) is 194 Å². The topological polar surface area (TPSA) is 134 Å². The third-order valence-electron chi connectivity index (χ3n) is 15.0. The van der Waals surface area contributed by atoms with E-state index in [0.717, 1.165) is 154 Å². The number of rotatable bonds is 67. The SMILES string of the molecule is CC/C=C\C/C=C\C/C=C\C/C=C\C/C=C\C/C=C\C/C=C\C/C=C\C/C=C\CCCCCCCCCCCC(=O)OC(COC(=O)CCCCCCCCCCCCCCC/C=C\C/C=C\C/C=C\C/C=C\C/C=C\C/C=C\C/C=C\CC)COP(=O)(O)OCCN. The van der Waals surface area contributed by atoms with Gasteiger partial charge in [-0.25, -0.2) is 4.57 Å². The van der Waals surface area contributed by atoms with E-state index >= 15 is 0 Å². The van der Waals surface area contributed by atoms with Gasteiger partial charge >= 0.3 is 19.8 Å². The number of allylic oxidation sites excluding steroid dienone is 32. The fraction of sp³-hybridized carbons (Fsp3) is 0.590. The molecule has 2 unspecified atom stereocenters. The molecule has 0 heterocycles. The zero-order chi connectivity index (χ0) is 67.2. The molecular formula is C83H134NO8P. The van der Waals surface area contributed by atoms with Crippen LogP contribution in [-0.2, 0) is 32.7 Å². The van der Waals surface area contributed by atoms with Crippen LogP contribution in [0.25, 0.3) is 0 Å². The van der Waals surface area contributed by atoms with Crippen LogP contribution >= 0.6 is 7.82 Å². The van der Waals surface area contributed by atoms with E-state index in [1.807, 2.05) is 0 Å². The quantitative estimate of drug-likeness (QED) is 0.0264. The van der Waals surface area contributed by atoms with Gasteiger partial charge in [-0.2, -0.15) is 0 Å². The number of hydrogen-bond donors (Lipinski definition) is 2. The summed E-state index contributed by atoms with van der Waals surface area (Å²) in [6.07, 6.45) is 115. The Hall–Kier alpha value is -5.15. The predicted molar refractivity (Wildman–Crippen MR) is 403 cm³/mol. The maximum absolute atomic E-state index is 12.8. The van der Waals surface area contributed by atoms with Crippen LogP contribution < -0.4 is 5.73 Å². The maximum Gasteiger partial charge on any atom is 0.472 e. The molecule has 0 aromatic heterocycles. The van der Waals surface area contributed by atoms with Crippen LogP contribution in [0, 0.1) is 0 Å². The number of ether oxygens (including phenoxy) is 2. The second-order valence-electron chi connectivity index (χ2n) is 23.7. The molecule has 0 amide bonds. The molecule has 0 aliphatic heterocycles. The smallest absolute Gasteiger partial charge is 0.462 e. The van der Waals surface area contributed by atoms with E-state index in [9.17, 15) is 19.0 Å². The Morgan fingerprint density at radius 1 is 0.323 bits per heavy atom. The minimum Gasteiger partial charge on any atom is -0.462 e. The molecule has 93 heavy (non-hydrogen) atoms. The molecule has 0 fully saturated rings. The average Bonchev–Trinajstić information content (AvgIpc) is 3.04. The summed E-state index contributed by atoms with van der Waals surface area (Å²) in [6, 6.07) is 0. The van der Waals surface area contributed by atoms with Gasteiger partial charge in [0.25, 0.3) is 0 Å². The van der Waals surface area contributed by atoms with E-state index in [1.165, 1.54) is 96.3 Å². The first-order valence-electron chi connectivity index (χ1n) is 36.9. The molecule has 0 aromatic carbocycles.